The summed E-state index contributed by atoms with van der Waals surface area (Å²) >= 11 is 5.36. The summed E-state index contributed by atoms with van der Waals surface area (Å²) in [5, 5.41) is 6.07. The van der Waals surface area contributed by atoms with E-state index >= 15 is 0 Å². The van der Waals surface area contributed by atoms with Crippen molar-refractivity contribution in [3.63, 3.8) is 0 Å². The van der Waals surface area contributed by atoms with E-state index in [0.717, 1.165) is 0 Å². The molecule has 0 bridgehead atoms. The predicted molar refractivity (Wildman–Crippen MR) is 77.8 cm³/mol. The predicted octanol–water partition coefficient (Wildman–Crippen LogP) is 1.96. The molecule has 0 aliphatic heterocycles. The van der Waals surface area contributed by atoms with Gasteiger partial charge in [0.1, 0.15) is 11.6 Å². The lowest BCUT2D eigenvalue weighted by Crippen LogP contribution is -2.14. The molecule has 0 atom stereocenters. The van der Waals surface area contributed by atoms with Crippen LogP contribution in [0.2, 0.25) is 0 Å². The van der Waals surface area contributed by atoms with Crippen LogP contribution in [0.15, 0.2) is 39.8 Å². The fourth-order valence-corrected chi connectivity index (χ4v) is 2.57. The zero-order valence-corrected chi connectivity index (χ0v) is 12.5. The first-order chi connectivity index (χ1) is 9.90. The number of hydrogen-bond acceptors (Lipinski definition) is 5. The van der Waals surface area contributed by atoms with Crippen molar-refractivity contribution in [1.29, 1.82) is 0 Å². The highest BCUT2D eigenvalue weighted by molar-refractivity contribution is 7.92. The minimum atomic E-state index is -3.76. The lowest BCUT2D eigenvalue weighted by Gasteiger charge is -2.06. The van der Waals surface area contributed by atoms with Gasteiger partial charge in [-0.25, -0.2) is 8.42 Å². The molecule has 0 saturated carbocycles. The highest BCUT2D eigenvalue weighted by atomic mass is 35.5. The van der Waals surface area contributed by atoms with E-state index in [4.69, 9.17) is 16.1 Å². The Bertz CT molecular complexity index is 740. The maximum Gasteiger partial charge on any atom is 0.263 e. The van der Waals surface area contributed by atoms with Crippen LogP contribution in [0.5, 0.6) is 0 Å². The molecule has 0 aliphatic rings. The number of alkyl halides is 1. The molecule has 7 nitrogen and oxygen atoms in total. The van der Waals surface area contributed by atoms with Gasteiger partial charge in [0.15, 0.2) is 5.82 Å². The van der Waals surface area contributed by atoms with E-state index in [-0.39, 0.29) is 22.5 Å². The number of benzene rings is 1. The Hall–Kier alpha value is -2.06. The molecule has 0 unspecified atom stereocenters. The second kappa shape index (κ2) is 6.15. The largest absolute Gasteiger partial charge is 0.360 e. The molecule has 1 amide bonds. The highest BCUT2D eigenvalue weighted by Crippen LogP contribution is 2.18. The summed E-state index contributed by atoms with van der Waals surface area (Å²) in [7, 11) is -3.76. The summed E-state index contributed by atoms with van der Waals surface area (Å²) < 4.78 is 31.3. The summed E-state index contributed by atoms with van der Waals surface area (Å²) in [6.07, 6.45) is 0. The summed E-state index contributed by atoms with van der Waals surface area (Å²) in [4.78, 5) is 11.1. The Morgan fingerprint density at radius 1 is 1.33 bits per heavy atom. The third-order valence-electron chi connectivity index (χ3n) is 2.44. The Morgan fingerprint density at radius 3 is 2.52 bits per heavy atom. The number of nitrogens with zero attached hydrogens (tertiary/aromatic N) is 1. The first kappa shape index (κ1) is 15.3. The molecule has 0 saturated heterocycles. The molecular weight excluding hydrogens is 318 g/mol. The average molecular weight is 330 g/mol. The van der Waals surface area contributed by atoms with Gasteiger partial charge < -0.3 is 9.84 Å². The van der Waals surface area contributed by atoms with Crippen molar-refractivity contribution in [2.24, 2.45) is 0 Å². The van der Waals surface area contributed by atoms with Gasteiger partial charge in [0, 0.05) is 11.8 Å². The van der Waals surface area contributed by atoms with Gasteiger partial charge in [-0.05, 0) is 31.2 Å². The van der Waals surface area contributed by atoms with E-state index in [1.807, 2.05) is 0 Å². The van der Waals surface area contributed by atoms with Crippen LogP contribution < -0.4 is 10.0 Å². The number of carbonyl (C=O) groups is 1. The van der Waals surface area contributed by atoms with Crippen molar-refractivity contribution in [3.05, 3.63) is 36.1 Å². The minimum absolute atomic E-state index is 0.0343. The number of halogens is 1. The number of carbonyl (C=O) groups excluding carboxylic acids is 1. The minimum Gasteiger partial charge on any atom is -0.360 e. The van der Waals surface area contributed by atoms with Crippen molar-refractivity contribution < 1.29 is 17.7 Å². The number of aryl methyl sites for hydroxylation is 1. The van der Waals surface area contributed by atoms with Gasteiger partial charge in [0.25, 0.3) is 10.0 Å². The molecule has 0 spiro atoms. The van der Waals surface area contributed by atoms with Crippen molar-refractivity contribution >= 4 is 39.0 Å². The first-order valence-electron chi connectivity index (χ1n) is 5.83. The normalized spacial score (nSPS) is 11.1. The summed E-state index contributed by atoms with van der Waals surface area (Å²) in [6.45, 7) is 1.65. The standard InChI is InChI=1S/C12H12ClN3O4S/c1-8-6-11(15-20-8)16-21(18,19)10-4-2-9(3-5-10)14-12(17)7-13/h2-6H,7H2,1H3,(H,14,17)(H,15,16). The first-order valence-corrected chi connectivity index (χ1v) is 7.84. The highest BCUT2D eigenvalue weighted by Gasteiger charge is 2.16. The zero-order chi connectivity index (χ0) is 15.5. The van der Waals surface area contributed by atoms with Crippen LogP contribution in [0.3, 0.4) is 0 Å². The molecule has 0 aliphatic carbocycles. The molecule has 2 aromatic rings. The number of sulfonamides is 1. The van der Waals surface area contributed by atoms with Crippen molar-refractivity contribution in [2.45, 2.75) is 11.8 Å². The zero-order valence-electron chi connectivity index (χ0n) is 11.0. The van der Waals surface area contributed by atoms with Crippen LogP contribution in [0.25, 0.3) is 0 Å². The van der Waals surface area contributed by atoms with E-state index in [9.17, 15) is 13.2 Å². The molecule has 112 valence electrons. The molecule has 1 aromatic heterocycles. The number of hydrogen-bond donors (Lipinski definition) is 2. The molecular formula is C12H12ClN3O4S. The van der Waals surface area contributed by atoms with Gasteiger partial charge in [-0.1, -0.05) is 5.16 Å². The second-order valence-electron chi connectivity index (χ2n) is 4.13. The SMILES string of the molecule is Cc1cc(NS(=O)(=O)c2ccc(NC(=O)CCl)cc2)no1. The van der Waals surface area contributed by atoms with Crippen molar-refractivity contribution in [3.8, 4) is 0 Å². The Labute approximate surface area is 126 Å². The maximum atomic E-state index is 12.1. The van der Waals surface area contributed by atoms with Crippen LogP contribution in [0.4, 0.5) is 11.5 Å². The number of anilines is 2. The van der Waals surface area contributed by atoms with E-state index in [0.29, 0.717) is 11.4 Å². The Morgan fingerprint density at radius 2 is 2.00 bits per heavy atom. The van der Waals surface area contributed by atoms with Gasteiger partial charge >= 0.3 is 0 Å². The number of amides is 1. The third-order valence-corrected chi connectivity index (χ3v) is 4.05. The Kier molecular flexibility index (Phi) is 4.49. The molecule has 21 heavy (non-hydrogen) atoms. The van der Waals surface area contributed by atoms with E-state index in [1.165, 1.54) is 30.3 Å². The van der Waals surface area contributed by atoms with Gasteiger partial charge in [-0.15, -0.1) is 11.6 Å². The topological polar surface area (TPSA) is 101 Å². The van der Waals surface area contributed by atoms with Gasteiger partial charge in [-0.2, -0.15) is 0 Å². The van der Waals surface area contributed by atoms with Crippen LogP contribution in [-0.4, -0.2) is 25.4 Å². The molecule has 2 rings (SSSR count). The van der Waals surface area contributed by atoms with E-state index in [2.05, 4.69) is 15.2 Å². The Balaban J connectivity index is 2.15. The van der Waals surface area contributed by atoms with Gasteiger partial charge in [0.2, 0.25) is 5.91 Å². The molecule has 0 fully saturated rings. The van der Waals surface area contributed by atoms with Crippen LogP contribution in [-0.2, 0) is 14.8 Å². The lowest BCUT2D eigenvalue weighted by molar-refractivity contribution is -0.113. The smallest absolute Gasteiger partial charge is 0.263 e. The van der Waals surface area contributed by atoms with Gasteiger partial charge in [-0.3, -0.25) is 9.52 Å². The van der Waals surface area contributed by atoms with Crippen LogP contribution in [0, 0.1) is 6.92 Å². The van der Waals surface area contributed by atoms with Crippen LogP contribution in [0.1, 0.15) is 5.76 Å². The average Bonchev–Trinajstić information content (AvgIpc) is 2.83. The molecule has 0 radical (unpaired) electrons. The van der Waals surface area contributed by atoms with E-state index < -0.39 is 10.0 Å². The van der Waals surface area contributed by atoms with E-state index in [1.54, 1.807) is 6.92 Å². The fraction of sp³-hybridized carbons (Fsp3) is 0.167. The monoisotopic (exact) mass is 329 g/mol. The molecule has 2 N–H and O–H groups in total. The number of aromatic nitrogens is 1. The maximum absolute atomic E-state index is 12.1. The number of nitrogens with one attached hydrogen (secondary N) is 2. The van der Waals surface area contributed by atoms with Crippen LogP contribution >= 0.6 is 11.6 Å². The fourth-order valence-electron chi connectivity index (χ4n) is 1.52. The van der Waals surface area contributed by atoms with Crippen molar-refractivity contribution in [2.75, 3.05) is 15.9 Å². The quantitative estimate of drug-likeness (QED) is 0.816. The van der Waals surface area contributed by atoms with Crippen molar-refractivity contribution in [1.82, 2.24) is 5.16 Å². The third kappa shape index (κ3) is 3.96. The summed E-state index contributed by atoms with van der Waals surface area (Å²) in [5.41, 5.74) is 0.455. The molecule has 9 heteroatoms. The molecule has 1 aromatic carbocycles. The lowest BCUT2D eigenvalue weighted by atomic mass is 10.3. The molecule has 1 heterocycles. The second-order valence-corrected chi connectivity index (χ2v) is 6.08. The summed E-state index contributed by atoms with van der Waals surface area (Å²) in [6, 6.07) is 7.12. The van der Waals surface area contributed by atoms with Gasteiger partial charge in [0.05, 0.1) is 4.90 Å². The number of rotatable bonds is 5. The summed E-state index contributed by atoms with van der Waals surface area (Å²) in [5.74, 6) is 0.0509.